The van der Waals surface area contributed by atoms with Gasteiger partial charge in [0.05, 0.1) is 6.61 Å². The lowest BCUT2D eigenvalue weighted by atomic mass is 10.0. The summed E-state index contributed by atoms with van der Waals surface area (Å²) in [6.45, 7) is 6.41. The van der Waals surface area contributed by atoms with E-state index in [-0.39, 0.29) is 12.0 Å². The summed E-state index contributed by atoms with van der Waals surface area (Å²) in [4.78, 5) is 14.7. The fourth-order valence-electron chi connectivity index (χ4n) is 2.60. The zero-order chi connectivity index (χ0) is 14.4. The van der Waals surface area contributed by atoms with Gasteiger partial charge < -0.3 is 4.74 Å². The van der Waals surface area contributed by atoms with E-state index in [9.17, 15) is 4.79 Å². The van der Waals surface area contributed by atoms with E-state index in [1.54, 1.807) is 0 Å². The van der Waals surface area contributed by atoms with Crippen molar-refractivity contribution in [3.8, 4) is 0 Å². The molecule has 1 saturated carbocycles. The van der Waals surface area contributed by atoms with Crippen molar-refractivity contribution >= 4 is 5.97 Å². The molecule has 110 valence electrons. The number of hydrogen-bond acceptors (Lipinski definition) is 3. The van der Waals surface area contributed by atoms with E-state index in [2.05, 4.69) is 11.8 Å². The number of nitrogens with zero attached hydrogens (tertiary/aromatic N) is 1. The zero-order valence-electron chi connectivity index (χ0n) is 12.5. The van der Waals surface area contributed by atoms with Crippen molar-refractivity contribution in [3.63, 3.8) is 0 Å². The summed E-state index contributed by atoms with van der Waals surface area (Å²) in [6, 6.07) is 9.76. The molecule has 1 unspecified atom stereocenters. The Bertz CT molecular complexity index is 414. The minimum absolute atomic E-state index is 0.118. The molecular weight excluding hydrogens is 250 g/mol. The highest BCUT2D eigenvalue weighted by Crippen LogP contribution is 2.33. The molecule has 3 heteroatoms. The molecule has 0 bridgehead atoms. The Hall–Kier alpha value is -1.35. The molecule has 0 heterocycles. The third-order valence-electron chi connectivity index (χ3n) is 3.69. The van der Waals surface area contributed by atoms with E-state index in [4.69, 9.17) is 4.74 Å². The van der Waals surface area contributed by atoms with Crippen LogP contribution in [0.25, 0.3) is 0 Å². The van der Waals surface area contributed by atoms with Gasteiger partial charge in [-0.25, -0.2) is 4.79 Å². The molecule has 0 spiro atoms. The summed E-state index contributed by atoms with van der Waals surface area (Å²) in [5.41, 5.74) is 1.04. The number of rotatable bonds is 8. The summed E-state index contributed by atoms with van der Waals surface area (Å²) in [5, 5.41) is 0. The molecule has 0 radical (unpaired) electrons. The maximum atomic E-state index is 12.4. The molecule has 3 nitrogen and oxygen atoms in total. The standard InChI is InChI=1S/C17H25NO2/c1-3-12-18(13-14-10-11-14)16(17(19)20-4-2)15-8-6-5-7-9-15/h5-9,14,16H,3-4,10-13H2,1-2H3. The summed E-state index contributed by atoms with van der Waals surface area (Å²) < 4.78 is 5.31. The lowest BCUT2D eigenvalue weighted by molar-refractivity contribution is -0.150. The second-order valence-corrected chi connectivity index (χ2v) is 5.50. The number of carbonyl (C=O) groups is 1. The van der Waals surface area contributed by atoms with E-state index < -0.39 is 0 Å². The van der Waals surface area contributed by atoms with Crippen LogP contribution in [0.3, 0.4) is 0 Å². The average molecular weight is 275 g/mol. The highest BCUT2D eigenvalue weighted by atomic mass is 16.5. The highest BCUT2D eigenvalue weighted by Gasteiger charge is 2.33. The highest BCUT2D eigenvalue weighted by molar-refractivity contribution is 5.77. The second-order valence-electron chi connectivity index (χ2n) is 5.50. The van der Waals surface area contributed by atoms with Crippen LogP contribution in [-0.4, -0.2) is 30.6 Å². The monoisotopic (exact) mass is 275 g/mol. The molecule has 1 aliphatic rings. The van der Waals surface area contributed by atoms with Crippen LogP contribution in [0.2, 0.25) is 0 Å². The van der Waals surface area contributed by atoms with Gasteiger partial charge in [-0.3, -0.25) is 4.90 Å². The molecule has 1 atom stereocenters. The number of benzene rings is 1. The predicted octanol–water partition coefficient (Wildman–Crippen LogP) is 3.41. The third-order valence-corrected chi connectivity index (χ3v) is 3.69. The Kier molecular flexibility index (Phi) is 5.60. The number of hydrogen-bond donors (Lipinski definition) is 0. The van der Waals surface area contributed by atoms with Gasteiger partial charge in [-0.1, -0.05) is 37.3 Å². The van der Waals surface area contributed by atoms with Gasteiger partial charge >= 0.3 is 5.97 Å². The molecule has 1 aromatic rings. The van der Waals surface area contributed by atoms with Crippen molar-refractivity contribution in [1.29, 1.82) is 0 Å². The fraction of sp³-hybridized carbons (Fsp3) is 0.588. The molecule has 0 amide bonds. The lowest BCUT2D eigenvalue weighted by Crippen LogP contribution is -2.37. The third kappa shape index (κ3) is 4.07. The van der Waals surface area contributed by atoms with Gasteiger partial charge in [-0.2, -0.15) is 0 Å². The van der Waals surface area contributed by atoms with Crippen LogP contribution in [0.4, 0.5) is 0 Å². The van der Waals surface area contributed by atoms with Gasteiger partial charge in [0.25, 0.3) is 0 Å². The van der Waals surface area contributed by atoms with Crippen molar-refractivity contribution in [1.82, 2.24) is 4.90 Å². The largest absolute Gasteiger partial charge is 0.465 e. The zero-order valence-corrected chi connectivity index (χ0v) is 12.5. The van der Waals surface area contributed by atoms with Crippen LogP contribution in [0.5, 0.6) is 0 Å². The Labute approximate surface area is 121 Å². The molecule has 20 heavy (non-hydrogen) atoms. The molecule has 1 aromatic carbocycles. The fourth-order valence-corrected chi connectivity index (χ4v) is 2.60. The van der Waals surface area contributed by atoms with Gasteiger partial charge in [-0.15, -0.1) is 0 Å². The van der Waals surface area contributed by atoms with Crippen LogP contribution in [0.1, 0.15) is 44.7 Å². The summed E-state index contributed by atoms with van der Waals surface area (Å²) >= 11 is 0. The molecule has 2 rings (SSSR count). The Morgan fingerprint density at radius 2 is 2.00 bits per heavy atom. The van der Waals surface area contributed by atoms with E-state index in [0.29, 0.717) is 6.61 Å². The van der Waals surface area contributed by atoms with Crippen molar-refractivity contribution in [2.75, 3.05) is 19.7 Å². The van der Waals surface area contributed by atoms with Crippen LogP contribution in [0.15, 0.2) is 30.3 Å². The molecular formula is C17H25NO2. The Morgan fingerprint density at radius 1 is 1.30 bits per heavy atom. The maximum absolute atomic E-state index is 12.4. The second kappa shape index (κ2) is 7.44. The number of ether oxygens (including phenoxy) is 1. The molecule has 0 aromatic heterocycles. The minimum Gasteiger partial charge on any atom is -0.465 e. The van der Waals surface area contributed by atoms with Gasteiger partial charge in [0.15, 0.2) is 0 Å². The van der Waals surface area contributed by atoms with Crippen LogP contribution >= 0.6 is 0 Å². The van der Waals surface area contributed by atoms with Crippen molar-refractivity contribution in [2.45, 2.75) is 39.2 Å². The number of esters is 1. The SMILES string of the molecule is CCCN(CC1CC1)C(C(=O)OCC)c1ccccc1. The van der Waals surface area contributed by atoms with Gasteiger partial charge in [-0.05, 0) is 44.2 Å². The molecule has 0 saturated heterocycles. The van der Waals surface area contributed by atoms with Gasteiger partial charge in [0.2, 0.25) is 0 Å². The van der Waals surface area contributed by atoms with E-state index >= 15 is 0 Å². The molecule has 1 fully saturated rings. The summed E-state index contributed by atoms with van der Waals surface area (Å²) in [7, 11) is 0. The van der Waals surface area contributed by atoms with Crippen molar-refractivity contribution in [2.24, 2.45) is 5.92 Å². The molecule has 1 aliphatic carbocycles. The van der Waals surface area contributed by atoms with E-state index in [1.807, 2.05) is 37.3 Å². The smallest absolute Gasteiger partial charge is 0.327 e. The van der Waals surface area contributed by atoms with Gasteiger partial charge in [0, 0.05) is 6.54 Å². The first kappa shape index (κ1) is 15.0. The summed E-state index contributed by atoms with van der Waals surface area (Å²) in [5.74, 6) is 0.648. The minimum atomic E-state index is -0.253. The first-order valence-corrected chi connectivity index (χ1v) is 7.71. The first-order chi connectivity index (χ1) is 9.76. The average Bonchev–Trinajstić information content (AvgIpc) is 3.25. The summed E-state index contributed by atoms with van der Waals surface area (Å²) in [6.07, 6.45) is 3.64. The molecule has 0 N–H and O–H groups in total. The first-order valence-electron chi connectivity index (χ1n) is 7.71. The van der Waals surface area contributed by atoms with Crippen molar-refractivity contribution < 1.29 is 9.53 Å². The predicted molar refractivity (Wildman–Crippen MR) is 80.4 cm³/mol. The topological polar surface area (TPSA) is 29.5 Å². The number of carbonyl (C=O) groups excluding carboxylic acids is 1. The van der Waals surface area contributed by atoms with Crippen molar-refractivity contribution in [3.05, 3.63) is 35.9 Å². The van der Waals surface area contributed by atoms with Crippen LogP contribution in [-0.2, 0) is 9.53 Å². The molecule has 0 aliphatic heterocycles. The van der Waals surface area contributed by atoms with Crippen LogP contribution in [0, 0.1) is 5.92 Å². The van der Waals surface area contributed by atoms with Gasteiger partial charge in [0.1, 0.15) is 6.04 Å². The maximum Gasteiger partial charge on any atom is 0.327 e. The van der Waals surface area contributed by atoms with E-state index in [0.717, 1.165) is 31.0 Å². The Morgan fingerprint density at radius 3 is 2.55 bits per heavy atom. The quantitative estimate of drug-likeness (QED) is 0.681. The van der Waals surface area contributed by atoms with Crippen LogP contribution < -0.4 is 0 Å². The Balaban J connectivity index is 2.20. The normalized spacial score (nSPS) is 16.1. The lowest BCUT2D eigenvalue weighted by Gasteiger charge is -2.30. The van der Waals surface area contributed by atoms with E-state index in [1.165, 1.54) is 12.8 Å².